The summed E-state index contributed by atoms with van der Waals surface area (Å²) < 4.78 is 24.1. The zero-order valence-corrected chi connectivity index (χ0v) is 32.4. The maximum absolute atomic E-state index is 14.3. The summed E-state index contributed by atoms with van der Waals surface area (Å²) in [4.78, 5) is 68.4. The second-order valence-corrected chi connectivity index (χ2v) is 14.4. The fraction of sp³-hybridized carbons (Fsp3) is 0.658. The van der Waals surface area contributed by atoms with Crippen LogP contribution in [0.2, 0.25) is 0 Å². The zero-order valence-electron chi connectivity index (χ0n) is 32.4. The maximum Gasteiger partial charge on any atom is 0.330 e. The van der Waals surface area contributed by atoms with Crippen molar-refractivity contribution >= 4 is 17.8 Å². The topological polar surface area (TPSA) is 277 Å². The van der Waals surface area contributed by atoms with E-state index in [4.69, 9.17) is 24.7 Å². The smallest absolute Gasteiger partial charge is 0.330 e. The van der Waals surface area contributed by atoms with Gasteiger partial charge in [0.05, 0.1) is 0 Å². The number of aromatic amines is 1. The monoisotopic (exact) mass is 807 g/mol. The van der Waals surface area contributed by atoms with Crippen molar-refractivity contribution in [1.29, 1.82) is 0 Å². The van der Waals surface area contributed by atoms with Gasteiger partial charge in [0.2, 0.25) is 5.91 Å². The molecule has 12 atom stereocenters. The molecule has 1 amide bonds. The Morgan fingerprint density at radius 1 is 0.930 bits per heavy atom. The molecule has 3 aliphatic heterocycles. The first-order chi connectivity index (χ1) is 27.2. The molecule has 0 saturated carbocycles. The number of nitrogens with two attached hydrogens (primary N) is 1. The molecule has 318 valence electrons. The Labute approximate surface area is 329 Å². The number of unbranched alkanes of at least 4 members (excludes halogenated alkanes) is 5. The Hall–Kier alpha value is -4.05. The van der Waals surface area contributed by atoms with E-state index in [9.17, 15) is 49.5 Å². The average Bonchev–Trinajstić information content (AvgIpc) is 3.58. The van der Waals surface area contributed by atoms with Gasteiger partial charge in [-0.05, 0) is 52.0 Å². The first-order valence-electron chi connectivity index (χ1n) is 19.3. The van der Waals surface area contributed by atoms with Crippen LogP contribution in [0.4, 0.5) is 0 Å². The van der Waals surface area contributed by atoms with Gasteiger partial charge in [0, 0.05) is 38.5 Å². The summed E-state index contributed by atoms with van der Waals surface area (Å²) in [6, 6.07) is -2.29. The van der Waals surface area contributed by atoms with Gasteiger partial charge in [0.1, 0.15) is 54.9 Å². The van der Waals surface area contributed by atoms with E-state index in [0.29, 0.717) is 6.42 Å². The molecule has 1 aromatic rings. The van der Waals surface area contributed by atoms with Crippen molar-refractivity contribution in [3.05, 3.63) is 69.6 Å². The summed E-state index contributed by atoms with van der Waals surface area (Å²) in [6.45, 7) is 1.54. The standard InChI is InChI=1S/C38H57N5O14/c1-4-5-6-7-8-9-10-11-12-13-14-15-16-17-25(45)54-23-21-41(2)27(34(50)42(3)26(23)36(51)52)32(57-37-31(49)28(46)22(20-39)55-37)33-29(47)30(48)35(56-33)43-19-18-24(44)40-38(43)53/h6-7,10-11,16-19,22-23,26-33,35,37,46-49H,4-5,8-9,12-15,20-21,39H2,1-3H3,(H,51,52)(H,40,44,53)/b7-6+,11-10+,17-16+/t22-,23?,26?,27?,28-,29+,30-,31-,32-,33?,35-,37+/m1/s1. The number of rotatable bonds is 19. The molecule has 1 aromatic heterocycles. The van der Waals surface area contributed by atoms with E-state index in [1.807, 2.05) is 4.98 Å². The van der Waals surface area contributed by atoms with Crippen LogP contribution in [0.15, 0.2) is 58.3 Å². The highest BCUT2D eigenvalue weighted by Crippen LogP contribution is 2.36. The van der Waals surface area contributed by atoms with Crippen molar-refractivity contribution in [2.24, 2.45) is 5.73 Å². The second-order valence-electron chi connectivity index (χ2n) is 14.4. The lowest BCUT2D eigenvalue weighted by Gasteiger charge is -2.38. The van der Waals surface area contributed by atoms with Gasteiger partial charge < -0.3 is 55.1 Å². The van der Waals surface area contributed by atoms with Crippen molar-refractivity contribution in [3.63, 3.8) is 0 Å². The lowest BCUT2D eigenvalue weighted by Crippen LogP contribution is -2.59. The summed E-state index contributed by atoms with van der Waals surface area (Å²) in [5.74, 6) is -3.24. The third-order valence-electron chi connectivity index (χ3n) is 10.2. The Balaban J connectivity index is 1.51. The predicted molar refractivity (Wildman–Crippen MR) is 202 cm³/mol. The zero-order chi connectivity index (χ0) is 41.8. The number of esters is 1. The van der Waals surface area contributed by atoms with Crippen LogP contribution in [0.25, 0.3) is 0 Å². The van der Waals surface area contributed by atoms with Crippen molar-refractivity contribution < 1.29 is 58.9 Å². The molecule has 0 bridgehead atoms. The fourth-order valence-electron chi connectivity index (χ4n) is 7.14. The number of aromatic nitrogens is 2. The maximum atomic E-state index is 14.3. The van der Waals surface area contributed by atoms with Crippen molar-refractivity contribution in [3.8, 4) is 0 Å². The SMILES string of the molecule is CCC/C=C/CC/C=C/CCCC/C=C/C(=O)OC1CN(C)C([C@@H](O[C@@H]2O[C@H](CN)[C@@H](O)[C@H]2O)C2O[C@@H](n3ccc(=O)[nH]c3=O)[C@H](O)[C@@H]2O)C(=O)N(C)C1C(=O)O. The Morgan fingerprint density at radius 2 is 1.58 bits per heavy atom. The summed E-state index contributed by atoms with van der Waals surface area (Å²) in [5, 5.41) is 54.0. The number of hydrogen-bond donors (Lipinski definition) is 7. The number of carboxylic acids is 1. The van der Waals surface area contributed by atoms with Gasteiger partial charge in [-0.3, -0.25) is 24.0 Å². The molecule has 19 heteroatoms. The van der Waals surface area contributed by atoms with Crippen molar-refractivity contribution in [2.45, 2.75) is 132 Å². The second kappa shape index (κ2) is 21.6. The fourth-order valence-corrected chi connectivity index (χ4v) is 7.14. The minimum atomic E-state index is -1.88. The average molecular weight is 808 g/mol. The molecule has 4 rings (SSSR count). The molecule has 0 aromatic carbocycles. The lowest BCUT2D eigenvalue weighted by atomic mass is 9.97. The van der Waals surface area contributed by atoms with E-state index >= 15 is 0 Å². The number of nitrogens with one attached hydrogen (secondary N) is 1. The molecule has 3 fully saturated rings. The molecule has 19 nitrogen and oxygen atoms in total. The van der Waals surface area contributed by atoms with Crippen LogP contribution < -0.4 is 17.0 Å². The third-order valence-corrected chi connectivity index (χ3v) is 10.2. The summed E-state index contributed by atoms with van der Waals surface area (Å²) in [7, 11) is 2.58. The number of carbonyl (C=O) groups excluding carboxylic acids is 2. The van der Waals surface area contributed by atoms with E-state index in [2.05, 4.69) is 31.2 Å². The molecular weight excluding hydrogens is 750 g/mol. The van der Waals surface area contributed by atoms with Gasteiger partial charge in [-0.2, -0.15) is 0 Å². The minimum Gasteiger partial charge on any atom is -0.480 e. The molecule has 0 radical (unpaired) electrons. The van der Waals surface area contributed by atoms with Gasteiger partial charge in [-0.25, -0.2) is 14.4 Å². The van der Waals surface area contributed by atoms with Crippen LogP contribution in [-0.2, 0) is 33.3 Å². The van der Waals surface area contributed by atoms with Crippen LogP contribution in [0, 0.1) is 0 Å². The molecule has 3 saturated heterocycles. The molecule has 3 aliphatic rings. The minimum absolute atomic E-state index is 0.233. The van der Waals surface area contributed by atoms with Gasteiger partial charge in [0.25, 0.3) is 5.56 Å². The number of ether oxygens (including phenoxy) is 4. The predicted octanol–water partition coefficient (Wildman–Crippen LogP) is -1.11. The highest BCUT2D eigenvalue weighted by molar-refractivity contribution is 5.89. The number of amides is 1. The van der Waals surface area contributed by atoms with Gasteiger partial charge in [0.15, 0.2) is 18.6 Å². The molecule has 8 N–H and O–H groups in total. The molecule has 0 spiro atoms. The molecule has 4 heterocycles. The van der Waals surface area contributed by atoms with Crippen molar-refractivity contribution in [1.82, 2.24) is 19.4 Å². The quantitative estimate of drug-likeness (QED) is 0.0378. The van der Waals surface area contributed by atoms with E-state index in [0.717, 1.165) is 66.7 Å². The van der Waals surface area contributed by atoms with E-state index in [1.54, 1.807) is 6.08 Å². The summed E-state index contributed by atoms with van der Waals surface area (Å²) in [5.41, 5.74) is 3.95. The lowest BCUT2D eigenvalue weighted by molar-refractivity contribution is -0.233. The molecule has 4 unspecified atom stereocenters. The van der Waals surface area contributed by atoms with Crippen LogP contribution in [0.5, 0.6) is 0 Å². The highest BCUT2D eigenvalue weighted by Gasteiger charge is 2.57. The molecule has 57 heavy (non-hydrogen) atoms. The van der Waals surface area contributed by atoms with Gasteiger partial charge in [-0.15, -0.1) is 0 Å². The van der Waals surface area contributed by atoms with E-state index in [-0.39, 0.29) is 13.1 Å². The third kappa shape index (κ3) is 11.5. The van der Waals surface area contributed by atoms with Crippen LogP contribution >= 0.6 is 0 Å². The number of hydrogen-bond acceptors (Lipinski definition) is 15. The van der Waals surface area contributed by atoms with Gasteiger partial charge >= 0.3 is 17.6 Å². The molecular formula is C38H57N5O14. The number of carbonyl (C=O) groups is 3. The van der Waals surface area contributed by atoms with Gasteiger partial charge in [-0.1, -0.05) is 43.7 Å². The highest BCUT2D eigenvalue weighted by atomic mass is 16.7. The Kier molecular flexibility index (Phi) is 17.3. The molecule has 0 aliphatic carbocycles. The number of aliphatic hydroxyl groups excluding tert-OH is 4. The number of carboxylic acid groups (broad SMARTS) is 1. The van der Waals surface area contributed by atoms with Crippen LogP contribution in [0.3, 0.4) is 0 Å². The first-order valence-corrected chi connectivity index (χ1v) is 19.3. The Morgan fingerprint density at radius 3 is 2.19 bits per heavy atom. The number of allylic oxidation sites excluding steroid dienone is 5. The van der Waals surface area contributed by atoms with E-state index < -0.39 is 103 Å². The number of H-pyrrole nitrogens is 1. The number of likely N-dealkylation sites (N-methyl/N-ethyl adjacent to an activating group) is 2. The number of aliphatic carboxylic acids is 1. The largest absolute Gasteiger partial charge is 0.480 e. The number of nitrogens with zero attached hydrogens (tertiary/aromatic N) is 3. The van der Waals surface area contributed by atoms with Crippen LogP contribution in [0.1, 0.15) is 64.5 Å². The number of aliphatic hydroxyl groups is 4. The summed E-state index contributed by atoms with van der Waals surface area (Å²) in [6.07, 6.45) is 3.76. The first kappa shape index (κ1) is 45.6. The summed E-state index contributed by atoms with van der Waals surface area (Å²) >= 11 is 0. The normalized spacial score (nSPS) is 31.8. The van der Waals surface area contributed by atoms with Crippen molar-refractivity contribution in [2.75, 3.05) is 27.2 Å². The van der Waals surface area contributed by atoms with E-state index in [1.165, 1.54) is 25.1 Å². The Bertz CT molecular complexity index is 1700. The van der Waals surface area contributed by atoms with Crippen LogP contribution in [-0.4, -0.2) is 157 Å².